The van der Waals surface area contributed by atoms with Gasteiger partial charge in [0.05, 0.1) is 18.0 Å². The van der Waals surface area contributed by atoms with Gasteiger partial charge in [-0.2, -0.15) is 0 Å². The summed E-state index contributed by atoms with van der Waals surface area (Å²) >= 11 is 0. The maximum absolute atomic E-state index is 6.47. The molecule has 90 valence electrons. The summed E-state index contributed by atoms with van der Waals surface area (Å²) in [4.78, 5) is 0. The van der Waals surface area contributed by atoms with Crippen LogP contribution in [-0.4, -0.2) is 12.1 Å². The molecule has 1 aliphatic carbocycles. The fourth-order valence-corrected chi connectivity index (χ4v) is 4.31. The molecule has 0 aromatic heterocycles. The smallest absolute Gasteiger partial charge is 0.129 e. The summed E-state index contributed by atoms with van der Waals surface area (Å²) in [5.41, 5.74) is 1.63. The van der Waals surface area contributed by atoms with Gasteiger partial charge < -0.3 is 10.1 Å². The van der Waals surface area contributed by atoms with E-state index < -0.39 is 0 Å². The molecule has 1 aromatic carbocycles. The van der Waals surface area contributed by atoms with Crippen molar-refractivity contribution in [3.8, 4) is 5.75 Å². The maximum atomic E-state index is 6.47. The van der Waals surface area contributed by atoms with Crippen LogP contribution in [-0.2, 0) is 0 Å². The first kappa shape index (κ1) is 9.95. The molecule has 1 saturated carbocycles. The lowest BCUT2D eigenvalue weighted by molar-refractivity contribution is -0.721. The van der Waals surface area contributed by atoms with E-state index in [1.807, 2.05) is 0 Å². The minimum atomic E-state index is 0.187. The molecule has 3 atom stereocenters. The SMILES string of the molecule is c1ccc2c(c1)O[C@@]13CCCC[C@H]1[C@@H]2[NH2+]CC3. The molecule has 1 aromatic rings. The summed E-state index contributed by atoms with van der Waals surface area (Å²) < 4.78 is 6.47. The zero-order valence-corrected chi connectivity index (χ0v) is 10.2. The standard InChI is InChI=1S/C15H19NO/c1-2-7-13-11(5-1)14-12-6-3-4-8-15(12,17-13)9-10-16-14/h1-2,5,7,12,14,16H,3-4,6,8-10H2/p+1/t12-,14+,15+/m0/s1. The molecule has 0 amide bonds. The van der Waals surface area contributed by atoms with Gasteiger partial charge in [-0.15, -0.1) is 0 Å². The van der Waals surface area contributed by atoms with Crippen molar-refractivity contribution in [1.29, 1.82) is 0 Å². The Hall–Kier alpha value is -1.02. The van der Waals surface area contributed by atoms with Crippen LogP contribution >= 0.6 is 0 Å². The highest BCUT2D eigenvalue weighted by Gasteiger charge is 2.55. The fourth-order valence-electron chi connectivity index (χ4n) is 4.31. The third kappa shape index (κ3) is 1.30. The number of fused-ring (bicyclic) bond motifs is 2. The van der Waals surface area contributed by atoms with Crippen molar-refractivity contribution in [3.63, 3.8) is 0 Å². The fraction of sp³-hybridized carbons (Fsp3) is 0.600. The van der Waals surface area contributed by atoms with Gasteiger partial charge in [0.1, 0.15) is 17.4 Å². The predicted molar refractivity (Wildman–Crippen MR) is 65.9 cm³/mol. The minimum absolute atomic E-state index is 0.187. The molecule has 2 fully saturated rings. The van der Waals surface area contributed by atoms with Gasteiger partial charge in [-0.25, -0.2) is 0 Å². The first-order valence-corrected chi connectivity index (χ1v) is 7.00. The van der Waals surface area contributed by atoms with Crippen LogP contribution in [0.25, 0.3) is 0 Å². The summed E-state index contributed by atoms with van der Waals surface area (Å²) in [6, 6.07) is 9.34. The highest BCUT2D eigenvalue weighted by Crippen LogP contribution is 2.51. The molecule has 1 saturated heterocycles. The molecule has 2 heterocycles. The molecule has 4 rings (SSSR count). The van der Waals surface area contributed by atoms with Crippen LogP contribution in [0.1, 0.15) is 43.7 Å². The first-order chi connectivity index (χ1) is 8.39. The highest BCUT2D eigenvalue weighted by molar-refractivity contribution is 5.39. The van der Waals surface area contributed by atoms with E-state index in [1.54, 1.807) is 0 Å². The van der Waals surface area contributed by atoms with Crippen molar-refractivity contribution in [2.75, 3.05) is 6.54 Å². The molecule has 2 N–H and O–H groups in total. The van der Waals surface area contributed by atoms with E-state index in [2.05, 4.69) is 29.6 Å². The lowest BCUT2D eigenvalue weighted by atomic mass is 9.65. The number of benzene rings is 1. The van der Waals surface area contributed by atoms with Gasteiger partial charge in [-0.1, -0.05) is 18.6 Å². The number of nitrogens with two attached hydrogens (primary N) is 1. The monoisotopic (exact) mass is 230 g/mol. The molecule has 3 aliphatic rings. The van der Waals surface area contributed by atoms with E-state index >= 15 is 0 Å². The van der Waals surface area contributed by atoms with Gasteiger partial charge in [0.15, 0.2) is 0 Å². The van der Waals surface area contributed by atoms with Gasteiger partial charge in [-0.05, 0) is 31.4 Å². The third-order valence-corrected chi connectivity index (χ3v) is 5.05. The van der Waals surface area contributed by atoms with E-state index in [0.29, 0.717) is 6.04 Å². The van der Waals surface area contributed by atoms with Crippen LogP contribution in [0.2, 0.25) is 0 Å². The molecule has 2 aliphatic heterocycles. The van der Waals surface area contributed by atoms with Crippen LogP contribution < -0.4 is 10.1 Å². The first-order valence-electron chi connectivity index (χ1n) is 7.00. The Morgan fingerprint density at radius 2 is 2.12 bits per heavy atom. The molecular weight excluding hydrogens is 210 g/mol. The Morgan fingerprint density at radius 3 is 3.12 bits per heavy atom. The van der Waals surface area contributed by atoms with Gasteiger partial charge in [0.25, 0.3) is 0 Å². The lowest BCUT2D eigenvalue weighted by Gasteiger charge is -2.52. The summed E-state index contributed by atoms with van der Waals surface area (Å²) in [5.74, 6) is 1.91. The minimum Gasteiger partial charge on any atom is -0.486 e. The lowest BCUT2D eigenvalue weighted by Crippen LogP contribution is -2.92. The van der Waals surface area contributed by atoms with Crippen molar-refractivity contribution < 1.29 is 10.1 Å². The number of rotatable bonds is 0. The van der Waals surface area contributed by atoms with Gasteiger partial charge in [0.2, 0.25) is 0 Å². The van der Waals surface area contributed by atoms with Crippen molar-refractivity contribution >= 4 is 0 Å². The van der Waals surface area contributed by atoms with Crippen molar-refractivity contribution in [3.05, 3.63) is 29.8 Å². The second-order valence-corrected chi connectivity index (χ2v) is 5.86. The van der Waals surface area contributed by atoms with Crippen LogP contribution in [0.5, 0.6) is 5.75 Å². The van der Waals surface area contributed by atoms with Crippen molar-refractivity contribution in [2.45, 2.75) is 43.7 Å². The number of ether oxygens (including phenoxy) is 1. The number of hydrogen-bond donors (Lipinski definition) is 1. The number of para-hydroxylation sites is 1. The average molecular weight is 230 g/mol. The Kier molecular flexibility index (Phi) is 2.04. The Bertz CT molecular complexity index is 440. The normalized spacial score (nSPS) is 38.8. The quantitative estimate of drug-likeness (QED) is 0.725. The van der Waals surface area contributed by atoms with Gasteiger partial charge in [0, 0.05) is 6.42 Å². The topological polar surface area (TPSA) is 25.8 Å². The molecule has 2 heteroatoms. The summed E-state index contributed by atoms with van der Waals surface area (Å²) in [6.45, 7) is 1.23. The van der Waals surface area contributed by atoms with Crippen LogP contribution in [0.4, 0.5) is 0 Å². The maximum Gasteiger partial charge on any atom is 0.129 e. The van der Waals surface area contributed by atoms with E-state index in [9.17, 15) is 0 Å². The van der Waals surface area contributed by atoms with Crippen LogP contribution in [0, 0.1) is 5.92 Å². The van der Waals surface area contributed by atoms with E-state index in [1.165, 1.54) is 44.2 Å². The summed E-state index contributed by atoms with van der Waals surface area (Å²) in [6.07, 6.45) is 6.61. The number of hydrogen-bond acceptors (Lipinski definition) is 1. The number of quaternary nitrogens is 1. The van der Waals surface area contributed by atoms with Crippen LogP contribution in [0.15, 0.2) is 24.3 Å². The summed E-state index contributed by atoms with van der Waals surface area (Å²) in [7, 11) is 0. The molecule has 0 radical (unpaired) electrons. The molecule has 17 heavy (non-hydrogen) atoms. The molecule has 0 unspecified atom stereocenters. The van der Waals surface area contributed by atoms with Crippen molar-refractivity contribution in [2.24, 2.45) is 5.92 Å². The zero-order valence-electron chi connectivity index (χ0n) is 10.2. The van der Waals surface area contributed by atoms with E-state index in [-0.39, 0.29) is 5.60 Å². The van der Waals surface area contributed by atoms with Crippen molar-refractivity contribution in [1.82, 2.24) is 0 Å². The van der Waals surface area contributed by atoms with Gasteiger partial charge in [-0.3, -0.25) is 0 Å². The average Bonchev–Trinajstić information content (AvgIpc) is 2.38. The Balaban J connectivity index is 1.85. The Morgan fingerprint density at radius 1 is 1.18 bits per heavy atom. The Labute approximate surface area is 102 Å². The molecule has 0 spiro atoms. The van der Waals surface area contributed by atoms with E-state index in [4.69, 9.17) is 4.74 Å². The van der Waals surface area contributed by atoms with E-state index in [0.717, 1.165) is 11.7 Å². The number of piperidine rings is 1. The molecule has 2 nitrogen and oxygen atoms in total. The largest absolute Gasteiger partial charge is 0.486 e. The predicted octanol–water partition coefficient (Wildman–Crippen LogP) is 2.02. The molecule has 2 bridgehead atoms. The second kappa shape index (κ2) is 3.49. The second-order valence-electron chi connectivity index (χ2n) is 5.86. The van der Waals surface area contributed by atoms with Gasteiger partial charge >= 0.3 is 0 Å². The summed E-state index contributed by atoms with van der Waals surface area (Å²) in [5, 5.41) is 2.55. The zero-order chi connectivity index (χ0) is 11.3. The van der Waals surface area contributed by atoms with Crippen LogP contribution in [0.3, 0.4) is 0 Å². The third-order valence-electron chi connectivity index (χ3n) is 5.05. The molecular formula is C15H20NO+. The highest BCUT2D eigenvalue weighted by atomic mass is 16.5.